The molecule has 0 bridgehead atoms. The number of benzene rings is 1. The summed E-state index contributed by atoms with van der Waals surface area (Å²) >= 11 is 0. The van der Waals surface area contributed by atoms with Crippen molar-refractivity contribution in [3.63, 3.8) is 0 Å². The molecule has 5 heteroatoms. The summed E-state index contributed by atoms with van der Waals surface area (Å²) in [5.74, 6) is 0.338. The molecule has 0 amide bonds. The van der Waals surface area contributed by atoms with Gasteiger partial charge in [0.25, 0.3) is 0 Å². The van der Waals surface area contributed by atoms with Crippen LogP contribution in [0, 0.1) is 0 Å². The first-order chi connectivity index (χ1) is 9.69. The maximum absolute atomic E-state index is 12.0. The smallest absolute Gasteiger partial charge is 0.338 e. The van der Waals surface area contributed by atoms with E-state index in [0.29, 0.717) is 11.3 Å². The van der Waals surface area contributed by atoms with Crippen LogP contribution in [-0.4, -0.2) is 56.9 Å². The summed E-state index contributed by atoms with van der Waals surface area (Å²) in [6.45, 7) is 5.92. The lowest BCUT2D eigenvalue weighted by Crippen LogP contribution is -2.41. The minimum absolute atomic E-state index is 0.146. The van der Waals surface area contributed by atoms with Gasteiger partial charge in [-0.25, -0.2) is 4.79 Å². The highest BCUT2D eigenvalue weighted by atomic mass is 16.5. The van der Waals surface area contributed by atoms with Crippen LogP contribution in [0.15, 0.2) is 24.3 Å². The van der Waals surface area contributed by atoms with Gasteiger partial charge < -0.3 is 14.2 Å². The quantitative estimate of drug-likeness (QED) is 0.766. The second-order valence-corrected chi connectivity index (χ2v) is 4.86. The van der Waals surface area contributed by atoms with Crippen LogP contribution < -0.4 is 4.74 Å². The summed E-state index contributed by atoms with van der Waals surface area (Å²) in [4.78, 5) is 14.3. The first-order valence-corrected chi connectivity index (χ1v) is 6.84. The lowest BCUT2D eigenvalue weighted by atomic mass is 10.2. The van der Waals surface area contributed by atoms with Gasteiger partial charge in [0.1, 0.15) is 11.9 Å². The van der Waals surface area contributed by atoms with E-state index < -0.39 is 0 Å². The molecule has 1 heterocycles. The predicted octanol–water partition coefficient (Wildman–Crippen LogP) is 1.57. The van der Waals surface area contributed by atoms with E-state index in [0.717, 1.165) is 32.8 Å². The van der Waals surface area contributed by atoms with Crippen molar-refractivity contribution in [3.05, 3.63) is 29.8 Å². The Kier molecular flexibility index (Phi) is 5.38. The molecule has 1 aromatic carbocycles. The van der Waals surface area contributed by atoms with Crippen LogP contribution >= 0.6 is 0 Å². The standard InChI is InChI=1S/C15H21NO4/c1-12(11-16-6-8-19-9-7-16)20-15(17)13-4-3-5-14(10-13)18-2/h3-5,10,12H,6-9,11H2,1-2H3. The minimum Gasteiger partial charge on any atom is -0.497 e. The van der Waals surface area contributed by atoms with E-state index in [4.69, 9.17) is 14.2 Å². The SMILES string of the molecule is COc1cccc(C(=O)OC(C)CN2CCOCC2)c1. The number of hydrogen-bond acceptors (Lipinski definition) is 5. The third-order valence-corrected chi connectivity index (χ3v) is 3.23. The molecular formula is C15H21NO4. The van der Waals surface area contributed by atoms with Crippen LogP contribution in [0.3, 0.4) is 0 Å². The third-order valence-electron chi connectivity index (χ3n) is 3.23. The Hall–Kier alpha value is -1.59. The molecule has 1 atom stereocenters. The summed E-state index contributed by atoms with van der Waals surface area (Å²) in [5, 5.41) is 0. The zero-order valence-corrected chi connectivity index (χ0v) is 12.0. The van der Waals surface area contributed by atoms with E-state index in [1.165, 1.54) is 0 Å². The molecule has 1 fully saturated rings. The second kappa shape index (κ2) is 7.26. The molecule has 110 valence electrons. The van der Waals surface area contributed by atoms with Crippen molar-refractivity contribution >= 4 is 5.97 Å². The highest BCUT2D eigenvalue weighted by Crippen LogP contribution is 2.14. The highest BCUT2D eigenvalue weighted by Gasteiger charge is 2.17. The van der Waals surface area contributed by atoms with Gasteiger partial charge in [-0.3, -0.25) is 4.90 Å². The van der Waals surface area contributed by atoms with Gasteiger partial charge in [0.05, 0.1) is 25.9 Å². The largest absolute Gasteiger partial charge is 0.497 e. The number of nitrogens with zero attached hydrogens (tertiary/aromatic N) is 1. The molecule has 20 heavy (non-hydrogen) atoms. The number of methoxy groups -OCH3 is 1. The zero-order valence-electron chi connectivity index (χ0n) is 12.0. The summed E-state index contributed by atoms with van der Waals surface area (Å²) < 4.78 is 15.9. The van der Waals surface area contributed by atoms with E-state index in [9.17, 15) is 4.79 Å². The Morgan fingerprint density at radius 3 is 2.85 bits per heavy atom. The first kappa shape index (κ1) is 14.8. The molecule has 1 aliphatic rings. The first-order valence-electron chi connectivity index (χ1n) is 6.84. The van der Waals surface area contributed by atoms with E-state index in [1.807, 2.05) is 6.92 Å². The van der Waals surface area contributed by atoms with Gasteiger partial charge in [-0.1, -0.05) is 6.07 Å². The molecule has 2 rings (SSSR count). The lowest BCUT2D eigenvalue weighted by Gasteiger charge is -2.28. The van der Waals surface area contributed by atoms with Gasteiger partial charge in [0.15, 0.2) is 0 Å². The molecule has 1 saturated heterocycles. The number of hydrogen-bond donors (Lipinski definition) is 0. The molecule has 1 unspecified atom stereocenters. The Morgan fingerprint density at radius 2 is 2.15 bits per heavy atom. The van der Waals surface area contributed by atoms with Gasteiger partial charge in [-0.15, -0.1) is 0 Å². The monoisotopic (exact) mass is 279 g/mol. The van der Waals surface area contributed by atoms with Gasteiger partial charge in [-0.05, 0) is 25.1 Å². The number of ether oxygens (including phenoxy) is 3. The van der Waals surface area contributed by atoms with Crippen molar-refractivity contribution in [2.24, 2.45) is 0 Å². The molecular weight excluding hydrogens is 258 g/mol. The van der Waals surface area contributed by atoms with E-state index in [1.54, 1.807) is 31.4 Å². The van der Waals surface area contributed by atoms with Crippen molar-refractivity contribution in [1.29, 1.82) is 0 Å². The third kappa shape index (κ3) is 4.21. The normalized spacial score (nSPS) is 17.5. The van der Waals surface area contributed by atoms with Crippen molar-refractivity contribution in [2.75, 3.05) is 40.0 Å². The Bertz CT molecular complexity index is 443. The van der Waals surface area contributed by atoms with E-state index >= 15 is 0 Å². The van der Waals surface area contributed by atoms with Crippen LogP contribution in [0.2, 0.25) is 0 Å². The van der Waals surface area contributed by atoms with Crippen LogP contribution in [-0.2, 0) is 9.47 Å². The fourth-order valence-corrected chi connectivity index (χ4v) is 2.19. The van der Waals surface area contributed by atoms with E-state index in [2.05, 4.69) is 4.90 Å². The maximum Gasteiger partial charge on any atom is 0.338 e. The van der Waals surface area contributed by atoms with Crippen molar-refractivity contribution in [2.45, 2.75) is 13.0 Å². The summed E-state index contributed by atoms with van der Waals surface area (Å²) in [6.07, 6.45) is -0.146. The van der Waals surface area contributed by atoms with Crippen molar-refractivity contribution in [3.8, 4) is 5.75 Å². The number of morpholine rings is 1. The van der Waals surface area contributed by atoms with Gasteiger partial charge >= 0.3 is 5.97 Å². The van der Waals surface area contributed by atoms with Gasteiger partial charge in [-0.2, -0.15) is 0 Å². The molecule has 0 aromatic heterocycles. The molecule has 0 radical (unpaired) electrons. The van der Waals surface area contributed by atoms with E-state index in [-0.39, 0.29) is 12.1 Å². The summed E-state index contributed by atoms with van der Waals surface area (Å²) in [6, 6.07) is 6.99. The van der Waals surface area contributed by atoms with Gasteiger partial charge in [0.2, 0.25) is 0 Å². The van der Waals surface area contributed by atoms with Crippen LogP contribution in [0.25, 0.3) is 0 Å². The Balaban J connectivity index is 1.86. The number of carbonyl (C=O) groups excluding carboxylic acids is 1. The second-order valence-electron chi connectivity index (χ2n) is 4.86. The maximum atomic E-state index is 12.0. The van der Waals surface area contributed by atoms with Crippen molar-refractivity contribution < 1.29 is 19.0 Å². The van der Waals surface area contributed by atoms with Crippen LogP contribution in [0.4, 0.5) is 0 Å². The molecule has 0 spiro atoms. The number of esters is 1. The topological polar surface area (TPSA) is 48.0 Å². The predicted molar refractivity (Wildman–Crippen MR) is 75.1 cm³/mol. The average Bonchev–Trinajstić information content (AvgIpc) is 2.48. The number of carbonyl (C=O) groups is 1. The van der Waals surface area contributed by atoms with Crippen LogP contribution in [0.5, 0.6) is 5.75 Å². The number of rotatable bonds is 5. The molecule has 0 N–H and O–H groups in total. The average molecular weight is 279 g/mol. The summed E-state index contributed by atoms with van der Waals surface area (Å²) in [7, 11) is 1.57. The van der Waals surface area contributed by atoms with Crippen LogP contribution in [0.1, 0.15) is 17.3 Å². The van der Waals surface area contributed by atoms with Gasteiger partial charge in [0, 0.05) is 19.6 Å². The summed E-state index contributed by atoms with van der Waals surface area (Å²) in [5.41, 5.74) is 0.512. The Morgan fingerprint density at radius 1 is 1.40 bits per heavy atom. The molecule has 0 saturated carbocycles. The lowest BCUT2D eigenvalue weighted by molar-refractivity contribution is 0.000430. The Labute approximate surface area is 119 Å². The fourth-order valence-electron chi connectivity index (χ4n) is 2.19. The minimum atomic E-state index is -0.315. The highest BCUT2D eigenvalue weighted by molar-refractivity contribution is 5.89. The molecule has 1 aliphatic heterocycles. The fraction of sp³-hybridized carbons (Fsp3) is 0.533. The molecule has 1 aromatic rings. The zero-order chi connectivity index (χ0) is 14.4. The van der Waals surface area contributed by atoms with Crippen molar-refractivity contribution in [1.82, 2.24) is 4.90 Å². The molecule has 5 nitrogen and oxygen atoms in total. The molecule has 0 aliphatic carbocycles.